The second kappa shape index (κ2) is 4.39. The van der Waals surface area contributed by atoms with Crippen molar-refractivity contribution in [3.8, 4) is 11.3 Å². The molecule has 0 aliphatic carbocycles. The van der Waals surface area contributed by atoms with Gasteiger partial charge in [-0.1, -0.05) is 0 Å². The summed E-state index contributed by atoms with van der Waals surface area (Å²) < 4.78 is 12.9. The summed E-state index contributed by atoms with van der Waals surface area (Å²) in [6, 6.07) is 7.10. The number of fused-ring (bicyclic) bond motifs is 1. The minimum absolute atomic E-state index is 0.333. The van der Waals surface area contributed by atoms with E-state index in [1.165, 1.54) is 12.3 Å². The fraction of sp³-hybridized carbons (Fsp3) is 0.133. The second-order valence-electron chi connectivity index (χ2n) is 4.51. The van der Waals surface area contributed by atoms with Crippen LogP contribution in [0.5, 0.6) is 0 Å². The Morgan fingerprint density at radius 1 is 1.00 bits per heavy atom. The van der Waals surface area contributed by atoms with Gasteiger partial charge in [0, 0.05) is 16.6 Å². The molecular formula is C15H12FN3. The molecule has 0 N–H and O–H groups in total. The zero-order valence-electron chi connectivity index (χ0n) is 10.7. The van der Waals surface area contributed by atoms with Crippen molar-refractivity contribution >= 4 is 10.9 Å². The molecule has 3 rings (SSSR count). The quantitative estimate of drug-likeness (QED) is 0.666. The van der Waals surface area contributed by atoms with Crippen LogP contribution in [0.15, 0.2) is 36.8 Å². The minimum atomic E-state index is -0.333. The number of halogens is 1. The van der Waals surface area contributed by atoms with Crippen molar-refractivity contribution in [2.75, 3.05) is 0 Å². The normalized spacial score (nSPS) is 10.9. The molecule has 0 unspecified atom stereocenters. The Hall–Kier alpha value is -2.36. The Kier molecular flexibility index (Phi) is 2.71. The molecule has 0 amide bonds. The van der Waals surface area contributed by atoms with Crippen LogP contribution in [0.1, 0.15) is 11.3 Å². The SMILES string of the molecule is Cc1ncnc2c(C)cc(-c3ccc(F)cn3)cc12. The molecule has 0 aliphatic heterocycles. The number of rotatable bonds is 1. The molecule has 0 saturated heterocycles. The van der Waals surface area contributed by atoms with Crippen LogP contribution in [0.2, 0.25) is 0 Å². The zero-order chi connectivity index (χ0) is 13.4. The van der Waals surface area contributed by atoms with Gasteiger partial charge in [0.25, 0.3) is 0 Å². The average molecular weight is 253 g/mol. The highest BCUT2D eigenvalue weighted by molar-refractivity contribution is 5.88. The van der Waals surface area contributed by atoms with E-state index >= 15 is 0 Å². The van der Waals surface area contributed by atoms with Crippen LogP contribution in [0.3, 0.4) is 0 Å². The third-order valence-corrected chi connectivity index (χ3v) is 3.15. The molecular weight excluding hydrogens is 241 g/mol. The van der Waals surface area contributed by atoms with Gasteiger partial charge in [0.2, 0.25) is 0 Å². The van der Waals surface area contributed by atoms with E-state index in [1.54, 1.807) is 12.4 Å². The van der Waals surface area contributed by atoms with E-state index < -0.39 is 0 Å². The highest BCUT2D eigenvalue weighted by Gasteiger charge is 2.07. The predicted octanol–water partition coefficient (Wildman–Crippen LogP) is 3.45. The van der Waals surface area contributed by atoms with Gasteiger partial charge in [-0.25, -0.2) is 14.4 Å². The molecule has 0 atom stereocenters. The van der Waals surface area contributed by atoms with Crippen molar-refractivity contribution < 1.29 is 4.39 Å². The molecule has 0 radical (unpaired) electrons. The number of pyridine rings is 1. The van der Waals surface area contributed by atoms with Gasteiger partial charge in [0.15, 0.2) is 0 Å². The summed E-state index contributed by atoms with van der Waals surface area (Å²) in [5, 5.41) is 1.00. The van der Waals surface area contributed by atoms with Crippen LogP contribution in [0.25, 0.3) is 22.2 Å². The molecule has 0 bridgehead atoms. The van der Waals surface area contributed by atoms with Crippen molar-refractivity contribution in [2.24, 2.45) is 0 Å². The van der Waals surface area contributed by atoms with Gasteiger partial charge in [-0.05, 0) is 43.7 Å². The van der Waals surface area contributed by atoms with Crippen LogP contribution in [-0.2, 0) is 0 Å². The number of hydrogen-bond acceptors (Lipinski definition) is 3. The molecule has 2 aromatic heterocycles. The zero-order valence-corrected chi connectivity index (χ0v) is 10.7. The molecule has 4 heteroatoms. The molecule has 2 heterocycles. The van der Waals surface area contributed by atoms with Gasteiger partial charge >= 0.3 is 0 Å². The van der Waals surface area contributed by atoms with Gasteiger partial charge < -0.3 is 0 Å². The second-order valence-corrected chi connectivity index (χ2v) is 4.51. The fourth-order valence-electron chi connectivity index (χ4n) is 2.16. The van der Waals surface area contributed by atoms with Crippen LogP contribution < -0.4 is 0 Å². The van der Waals surface area contributed by atoms with Gasteiger partial charge in [-0.3, -0.25) is 4.98 Å². The lowest BCUT2D eigenvalue weighted by atomic mass is 10.0. The summed E-state index contributed by atoms with van der Waals surface area (Å²) in [4.78, 5) is 12.6. The van der Waals surface area contributed by atoms with Gasteiger partial charge in [-0.2, -0.15) is 0 Å². The first-order valence-electron chi connectivity index (χ1n) is 5.99. The Morgan fingerprint density at radius 2 is 1.84 bits per heavy atom. The summed E-state index contributed by atoms with van der Waals surface area (Å²) >= 11 is 0. The number of nitrogens with zero attached hydrogens (tertiary/aromatic N) is 3. The van der Waals surface area contributed by atoms with Gasteiger partial charge in [0.05, 0.1) is 17.4 Å². The van der Waals surface area contributed by atoms with Gasteiger partial charge in [0.1, 0.15) is 12.1 Å². The van der Waals surface area contributed by atoms with E-state index in [1.807, 2.05) is 26.0 Å². The van der Waals surface area contributed by atoms with E-state index in [4.69, 9.17) is 0 Å². The molecule has 3 aromatic rings. The van der Waals surface area contributed by atoms with Crippen molar-refractivity contribution in [1.29, 1.82) is 0 Å². The molecule has 0 fully saturated rings. The predicted molar refractivity (Wildman–Crippen MR) is 72.2 cm³/mol. The highest BCUT2D eigenvalue weighted by atomic mass is 19.1. The third-order valence-electron chi connectivity index (χ3n) is 3.15. The van der Waals surface area contributed by atoms with E-state index in [0.717, 1.165) is 33.4 Å². The summed E-state index contributed by atoms with van der Waals surface area (Å²) in [7, 11) is 0. The minimum Gasteiger partial charge on any atom is -0.253 e. The number of aryl methyl sites for hydroxylation is 2. The fourth-order valence-corrected chi connectivity index (χ4v) is 2.16. The molecule has 0 spiro atoms. The van der Waals surface area contributed by atoms with Crippen LogP contribution >= 0.6 is 0 Å². The summed E-state index contributed by atoms with van der Waals surface area (Å²) in [6.07, 6.45) is 2.80. The monoisotopic (exact) mass is 253 g/mol. The number of hydrogen-bond donors (Lipinski definition) is 0. The number of benzene rings is 1. The maximum atomic E-state index is 12.9. The Balaban J connectivity index is 2.25. The first kappa shape index (κ1) is 11.7. The van der Waals surface area contributed by atoms with Gasteiger partial charge in [-0.15, -0.1) is 0 Å². The first-order valence-corrected chi connectivity index (χ1v) is 5.99. The maximum Gasteiger partial charge on any atom is 0.141 e. The lowest BCUT2D eigenvalue weighted by Crippen LogP contribution is -1.92. The molecule has 19 heavy (non-hydrogen) atoms. The van der Waals surface area contributed by atoms with E-state index in [2.05, 4.69) is 15.0 Å². The van der Waals surface area contributed by atoms with Crippen molar-refractivity contribution in [3.05, 3.63) is 53.9 Å². The number of aromatic nitrogens is 3. The summed E-state index contributed by atoms with van der Waals surface area (Å²) in [5.74, 6) is -0.333. The Bertz CT molecular complexity index is 751. The van der Waals surface area contributed by atoms with Crippen LogP contribution in [0, 0.1) is 19.7 Å². The van der Waals surface area contributed by atoms with E-state index in [9.17, 15) is 4.39 Å². The van der Waals surface area contributed by atoms with Crippen molar-refractivity contribution in [2.45, 2.75) is 13.8 Å². The third kappa shape index (κ3) is 2.05. The van der Waals surface area contributed by atoms with Crippen LogP contribution in [-0.4, -0.2) is 15.0 Å². The molecule has 1 aromatic carbocycles. The topological polar surface area (TPSA) is 38.7 Å². The Labute approximate surface area is 110 Å². The van der Waals surface area contributed by atoms with Crippen molar-refractivity contribution in [1.82, 2.24) is 15.0 Å². The van der Waals surface area contributed by atoms with Crippen molar-refractivity contribution in [3.63, 3.8) is 0 Å². The van der Waals surface area contributed by atoms with E-state index in [-0.39, 0.29) is 5.82 Å². The molecule has 0 saturated carbocycles. The molecule has 0 aliphatic rings. The summed E-state index contributed by atoms with van der Waals surface area (Å²) in [6.45, 7) is 3.95. The standard InChI is InChI=1S/C15H12FN3/c1-9-5-11(14-4-3-12(16)7-17-14)6-13-10(2)18-8-19-15(9)13/h3-8H,1-2H3. The first-order chi connectivity index (χ1) is 9.15. The summed E-state index contributed by atoms with van der Waals surface area (Å²) in [5.41, 5.74) is 4.62. The highest BCUT2D eigenvalue weighted by Crippen LogP contribution is 2.26. The van der Waals surface area contributed by atoms with Crippen LogP contribution in [0.4, 0.5) is 4.39 Å². The Morgan fingerprint density at radius 3 is 2.58 bits per heavy atom. The lowest BCUT2D eigenvalue weighted by molar-refractivity contribution is 0.622. The molecule has 3 nitrogen and oxygen atoms in total. The van der Waals surface area contributed by atoms with E-state index in [0.29, 0.717) is 0 Å². The molecule has 94 valence electrons. The largest absolute Gasteiger partial charge is 0.253 e. The average Bonchev–Trinajstić information content (AvgIpc) is 2.41. The lowest BCUT2D eigenvalue weighted by Gasteiger charge is -2.07. The smallest absolute Gasteiger partial charge is 0.141 e. The maximum absolute atomic E-state index is 12.9.